The molecule has 7 nitrogen and oxygen atoms in total. The van der Waals surface area contributed by atoms with Crippen LogP contribution in [-0.4, -0.2) is 42.8 Å². The van der Waals surface area contributed by atoms with Gasteiger partial charge in [0.1, 0.15) is 6.61 Å². The van der Waals surface area contributed by atoms with Crippen molar-refractivity contribution in [3.63, 3.8) is 0 Å². The summed E-state index contributed by atoms with van der Waals surface area (Å²) in [5.41, 5.74) is 1.60. The number of phenols is 1. The Morgan fingerprint density at radius 3 is 2.90 bits per heavy atom. The highest BCUT2D eigenvalue weighted by molar-refractivity contribution is 5.97. The summed E-state index contributed by atoms with van der Waals surface area (Å²) in [6.45, 7) is 0.0871. The van der Waals surface area contributed by atoms with Crippen LogP contribution in [0.2, 0.25) is 0 Å². The molecule has 0 saturated carbocycles. The molecule has 0 saturated heterocycles. The van der Waals surface area contributed by atoms with E-state index in [1.54, 1.807) is 19.2 Å². The van der Waals surface area contributed by atoms with Crippen LogP contribution in [0.25, 0.3) is 0 Å². The van der Waals surface area contributed by atoms with Crippen molar-refractivity contribution in [2.24, 2.45) is 0 Å². The van der Waals surface area contributed by atoms with Gasteiger partial charge >= 0.3 is 12.0 Å². The van der Waals surface area contributed by atoms with E-state index in [1.165, 1.54) is 18.1 Å². The Morgan fingerprint density at radius 2 is 2.19 bits per heavy atom. The van der Waals surface area contributed by atoms with E-state index >= 15 is 0 Å². The van der Waals surface area contributed by atoms with Gasteiger partial charge < -0.3 is 19.9 Å². The summed E-state index contributed by atoms with van der Waals surface area (Å²) in [5, 5.41) is 12.4. The third-order valence-corrected chi connectivity index (χ3v) is 3.67. The lowest BCUT2D eigenvalue weighted by Gasteiger charge is -2.30. The topological polar surface area (TPSA) is 88.1 Å². The number of rotatable bonds is 2. The Morgan fingerprint density at radius 1 is 1.43 bits per heavy atom. The molecule has 2 amide bonds. The summed E-state index contributed by atoms with van der Waals surface area (Å²) in [4.78, 5) is 25.3. The van der Waals surface area contributed by atoms with Gasteiger partial charge in [0.2, 0.25) is 0 Å². The highest BCUT2D eigenvalue weighted by Gasteiger charge is 2.40. The van der Waals surface area contributed by atoms with Gasteiger partial charge in [-0.05, 0) is 17.7 Å². The van der Waals surface area contributed by atoms with Gasteiger partial charge in [-0.2, -0.15) is 0 Å². The first-order valence-electron chi connectivity index (χ1n) is 6.34. The summed E-state index contributed by atoms with van der Waals surface area (Å²) < 4.78 is 10.1. The summed E-state index contributed by atoms with van der Waals surface area (Å²) in [5.74, 6) is -0.188. The van der Waals surface area contributed by atoms with Crippen LogP contribution in [-0.2, 0) is 9.53 Å². The fourth-order valence-corrected chi connectivity index (χ4v) is 2.51. The number of carbonyl (C=O) groups excluding carboxylic acids is 2. The van der Waals surface area contributed by atoms with Crippen LogP contribution in [0, 0.1) is 0 Å². The number of nitrogens with zero attached hydrogens (tertiary/aromatic N) is 1. The Kier molecular flexibility index (Phi) is 2.97. The first kappa shape index (κ1) is 13.3. The highest BCUT2D eigenvalue weighted by Crippen LogP contribution is 2.37. The van der Waals surface area contributed by atoms with E-state index in [9.17, 15) is 14.7 Å². The van der Waals surface area contributed by atoms with Crippen LogP contribution in [0.1, 0.15) is 11.6 Å². The molecule has 3 rings (SSSR count). The van der Waals surface area contributed by atoms with Crippen molar-refractivity contribution in [3.05, 3.63) is 35.0 Å². The van der Waals surface area contributed by atoms with Crippen LogP contribution in [0.3, 0.4) is 0 Å². The maximum absolute atomic E-state index is 12.0. The number of hydrogen-bond acceptors (Lipinski definition) is 5. The van der Waals surface area contributed by atoms with Crippen molar-refractivity contribution in [1.82, 2.24) is 10.2 Å². The van der Waals surface area contributed by atoms with Gasteiger partial charge in [-0.3, -0.25) is 4.90 Å². The van der Waals surface area contributed by atoms with Crippen molar-refractivity contribution < 1.29 is 24.2 Å². The first-order valence-corrected chi connectivity index (χ1v) is 6.34. The number of nitrogens with one attached hydrogen (secondary N) is 1. The Labute approximate surface area is 120 Å². The smallest absolute Gasteiger partial charge is 0.338 e. The van der Waals surface area contributed by atoms with Crippen LogP contribution in [0.4, 0.5) is 4.79 Å². The molecule has 2 aliphatic rings. The maximum atomic E-state index is 12.0. The highest BCUT2D eigenvalue weighted by atomic mass is 16.5. The number of methoxy groups -OCH3 is 1. The average Bonchev–Trinajstić information content (AvgIpc) is 2.86. The SMILES string of the molecule is COc1cc([C@@H]2NC(=O)N(C)C3=C2C(=O)OC3)ccc1O. The number of carbonyl (C=O) groups is 2. The second kappa shape index (κ2) is 4.69. The molecule has 2 N–H and O–H groups in total. The quantitative estimate of drug-likeness (QED) is 0.790. The number of phenolic OH excluding ortho intramolecular Hbond substituents is 1. The Hall–Kier alpha value is -2.70. The molecule has 110 valence electrons. The molecule has 0 radical (unpaired) electrons. The van der Waals surface area contributed by atoms with Gasteiger partial charge in [0.15, 0.2) is 11.5 Å². The molecular formula is C14H14N2O5. The number of likely N-dealkylation sites (N-methyl/N-ethyl adjacent to an activating group) is 1. The number of ether oxygens (including phenoxy) is 2. The van der Waals surface area contributed by atoms with E-state index in [1.807, 2.05) is 0 Å². The monoisotopic (exact) mass is 290 g/mol. The number of hydrogen-bond donors (Lipinski definition) is 2. The minimum Gasteiger partial charge on any atom is -0.504 e. The molecule has 0 aliphatic carbocycles. The molecule has 7 heteroatoms. The normalized spacial score (nSPS) is 21.0. The van der Waals surface area contributed by atoms with Crippen molar-refractivity contribution >= 4 is 12.0 Å². The molecule has 0 bridgehead atoms. The third kappa shape index (κ3) is 1.97. The lowest BCUT2D eigenvalue weighted by Crippen LogP contribution is -2.45. The second-order valence-electron chi connectivity index (χ2n) is 4.81. The molecule has 21 heavy (non-hydrogen) atoms. The molecular weight excluding hydrogens is 276 g/mol. The molecule has 2 aliphatic heterocycles. The van der Waals surface area contributed by atoms with Crippen LogP contribution in [0.5, 0.6) is 11.5 Å². The van der Waals surface area contributed by atoms with Gasteiger partial charge in [-0.1, -0.05) is 6.07 Å². The Balaban J connectivity index is 2.09. The van der Waals surface area contributed by atoms with E-state index in [0.29, 0.717) is 16.8 Å². The lowest BCUT2D eigenvalue weighted by molar-refractivity contribution is -0.136. The molecule has 0 unspecified atom stereocenters. The summed E-state index contributed by atoms with van der Waals surface area (Å²) in [6, 6.07) is 3.74. The van der Waals surface area contributed by atoms with Gasteiger partial charge in [-0.15, -0.1) is 0 Å². The zero-order valence-corrected chi connectivity index (χ0v) is 11.5. The summed E-state index contributed by atoms with van der Waals surface area (Å²) in [6.07, 6.45) is 0. The van der Waals surface area contributed by atoms with Crippen LogP contribution in [0.15, 0.2) is 29.5 Å². The van der Waals surface area contributed by atoms with E-state index in [2.05, 4.69) is 5.32 Å². The predicted octanol–water partition coefficient (Wildman–Crippen LogP) is 0.908. The molecule has 1 aromatic carbocycles. The summed E-state index contributed by atoms with van der Waals surface area (Å²) in [7, 11) is 3.01. The number of esters is 1. The molecule has 1 atom stereocenters. The zero-order valence-electron chi connectivity index (χ0n) is 11.5. The molecule has 0 fully saturated rings. The average molecular weight is 290 g/mol. The minimum absolute atomic E-state index is 0.0105. The first-order chi connectivity index (χ1) is 10.0. The van der Waals surface area contributed by atoms with Gasteiger partial charge in [-0.25, -0.2) is 9.59 Å². The number of amides is 2. The lowest BCUT2D eigenvalue weighted by atomic mass is 9.95. The fourth-order valence-electron chi connectivity index (χ4n) is 2.51. The van der Waals surface area contributed by atoms with Crippen LogP contribution >= 0.6 is 0 Å². The fraction of sp³-hybridized carbons (Fsp3) is 0.286. The van der Waals surface area contributed by atoms with Gasteiger partial charge in [0, 0.05) is 7.05 Å². The van der Waals surface area contributed by atoms with Gasteiger partial charge in [0.25, 0.3) is 0 Å². The minimum atomic E-state index is -0.617. The van der Waals surface area contributed by atoms with Crippen molar-refractivity contribution in [2.75, 3.05) is 20.8 Å². The van der Waals surface area contributed by atoms with Gasteiger partial charge in [0.05, 0.1) is 24.4 Å². The third-order valence-electron chi connectivity index (χ3n) is 3.67. The molecule has 0 spiro atoms. The van der Waals surface area contributed by atoms with Crippen molar-refractivity contribution in [2.45, 2.75) is 6.04 Å². The molecule has 1 aromatic rings. The van der Waals surface area contributed by atoms with Crippen LogP contribution < -0.4 is 10.1 Å². The van der Waals surface area contributed by atoms with E-state index in [4.69, 9.17) is 9.47 Å². The summed E-state index contributed by atoms with van der Waals surface area (Å²) >= 11 is 0. The number of cyclic esters (lactones) is 1. The molecule has 2 heterocycles. The standard InChI is InChI=1S/C14H14N2O5/c1-16-8-6-21-13(18)11(8)12(15-14(16)19)7-3-4-9(17)10(5-7)20-2/h3-5,12,17H,6H2,1-2H3,(H,15,19)/t12-/m0/s1. The maximum Gasteiger partial charge on any atom is 0.338 e. The number of urea groups is 1. The van der Waals surface area contributed by atoms with Crippen molar-refractivity contribution in [1.29, 1.82) is 0 Å². The van der Waals surface area contributed by atoms with Crippen molar-refractivity contribution in [3.8, 4) is 11.5 Å². The second-order valence-corrected chi connectivity index (χ2v) is 4.81. The largest absolute Gasteiger partial charge is 0.504 e. The predicted molar refractivity (Wildman–Crippen MR) is 71.7 cm³/mol. The van der Waals surface area contributed by atoms with E-state index in [0.717, 1.165) is 0 Å². The van der Waals surface area contributed by atoms with E-state index < -0.39 is 12.0 Å². The van der Waals surface area contributed by atoms with E-state index in [-0.39, 0.29) is 24.1 Å². The zero-order chi connectivity index (χ0) is 15.1. The number of benzene rings is 1. The molecule has 0 aromatic heterocycles. The Bertz CT molecular complexity index is 667. The number of aromatic hydroxyl groups is 1.